The van der Waals surface area contributed by atoms with Crippen LogP contribution in [0, 0.1) is 6.92 Å². The SMILES string of the molecule is CCC(C(=O)Nc1nnc(C(C)C)s1)n1cnc2sc(C(=O)OCc3ccccc3)c(C)c2c1=O. The molecule has 1 amide bonds. The summed E-state index contributed by atoms with van der Waals surface area (Å²) >= 11 is 2.41. The van der Waals surface area contributed by atoms with E-state index in [1.807, 2.05) is 51.1 Å². The fraction of sp³-hybridized carbons (Fsp3) is 0.333. The number of fused-ring (bicyclic) bond motifs is 1. The van der Waals surface area contributed by atoms with Crippen molar-refractivity contribution in [2.75, 3.05) is 5.32 Å². The van der Waals surface area contributed by atoms with Crippen LogP contribution in [0.25, 0.3) is 10.2 Å². The fourth-order valence-electron chi connectivity index (χ4n) is 3.56. The van der Waals surface area contributed by atoms with Gasteiger partial charge in [-0.25, -0.2) is 9.78 Å². The molecule has 11 heteroatoms. The Balaban J connectivity index is 1.59. The van der Waals surface area contributed by atoms with E-state index in [4.69, 9.17) is 4.74 Å². The molecule has 35 heavy (non-hydrogen) atoms. The van der Waals surface area contributed by atoms with Crippen molar-refractivity contribution in [1.82, 2.24) is 19.7 Å². The predicted octanol–water partition coefficient (Wildman–Crippen LogP) is 4.69. The van der Waals surface area contributed by atoms with Crippen LogP contribution in [0.5, 0.6) is 0 Å². The summed E-state index contributed by atoms with van der Waals surface area (Å²) in [6.07, 6.45) is 1.72. The third kappa shape index (κ3) is 5.15. The third-order valence-corrected chi connectivity index (χ3v) is 7.78. The summed E-state index contributed by atoms with van der Waals surface area (Å²) in [6, 6.07) is 8.57. The molecule has 1 unspecified atom stereocenters. The summed E-state index contributed by atoms with van der Waals surface area (Å²) in [5.41, 5.74) is 0.983. The second-order valence-electron chi connectivity index (χ2n) is 8.27. The molecule has 0 spiro atoms. The first-order chi connectivity index (χ1) is 16.8. The normalized spacial score (nSPS) is 12.1. The number of nitrogens with zero attached hydrogens (tertiary/aromatic N) is 4. The summed E-state index contributed by atoms with van der Waals surface area (Å²) in [6.45, 7) is 7.63. The molecule has 0 fully saturated rings. The molecule has 0 radical (unpaired) electrons. The van der Waals surface area contributed by atoms with Crippen LogP contribution in [0.1, 0.15) is 65.0 Å². The smallest absolute Gasteiger partial charge is 0.349 e. The molecule has 0 aliphatic carbocycles. The van der Waals surface area contributed by atoms with Crippen LogP contribution >= 0.6 is 22.7 Å². The Bertz CT molecular complexity index is 1420. The lowest BCUT2D eigenvalue weighted by Gasteiger charge is -2.16. The number of ether oxygens (including phenoxy) is 1. The van der Waals surface area contributed by atoms with Gasteiger partial charge in [-0.3, -0.25) is 19.5 Å². The lowest BCUT2D eigenvalue weighted by molar-refractivity contribution is -0.119. The van der Waals surface area contributed by atoms with E-state index in [0.717, 1.165) is 21.9 Å². The van der Waals surface area contributed by atoms with E-state index in [0.29, 0.717) is 32.2 Å². The first kappa shape index (κ1) is 24.7. The van der Waals surface area contributed by atoms with Crippen molar-refractivity contribution in [1.29, 1.82) is 0 Å². The van der Waals surface area contributed by atoms with E-state index in [-0.39, 0.29) is 24.0 Å². The van der Waals surface area contributed by atoms with Crippen molar-refractivity contribution >= 4 is 49.9 Å². The number of nitrogens with one attached hydrogen (secondary N) is 1. The van der Waals surface area contributed by atoms with Crippen molar-refractivity contribution in [2.24, 2.45) is 0 Å². The zero-order chi connectivity index (χ0) is 25.1. The van der Waals surface area contributed by atoms with Gasteiger partial charge in [0.1, 0.15) is 27.4 Å². The number of anilines is 1. The number of esters is 1. The van der Waals surface area contributed by atoms with Crippen LogP contribution in [0.4, 0.5) is 5.13 Å². The van der Waals surface area contributed by atoms with Crippen LogP contribution in [0.2, 0.25) is 0 Å². The number of rotatable bonds is 8. The number of benzene rings is 1. The number of hydrogen-bond acceptors (Lipinski definition) is 9. The quantitative estimate of drug-likeness (QED) is 0.341. The second-order valence-corrected chi connectivity index (χ2v) is 10.3. The second kappa shape index (κ2) is 10.4. The Kier molecular flexibility index (Phi) is 7.37. The lowest BCUT2D eigenvalue weighted by atomic mass is 10.1. The monoisotopic (exact) mass is 511 g/mol. The van der Waals surface area contributed by atoms with E-state index in [2.05, 4.69) is 20.5 Å². The average Bonchev–Trinajstić information content (AvgIpc) is 3.45. The molecule has 182 valence electrons. The van der Waals surface area contributed by atoms with E-state index in [9.17, 15) is 14.4 Å². The van der Waals surface area contributed by atoms with Gasteiger partial charge in [-0.2, -0.15) is 0 Å². The van der Waals surface area contributed by atoms with Gasteiger partial charge in [0.2, 0.25) is 11.0 Å². The Hall–Kier alpha value is -3.44. The zero-order valence-corrected chi connectivity index (χ0v) is 21.4. The minimum Gasteiger partial charge on any atom is -0.457 e. The maximum absolute atomic E-state index is 13.4. The molecule has 3 aromatic heterocycles. The molecule has 0 saturated carbocycles. The molecule has 0 aliphatic rings. The van der Waals surface area contributed by atoms with Crippen LogP contribution in [-0.4, -0.2) is 31.6 Å². The maximum atomic E-state index is 13.4. The average molecular weight is 512 g/mol. The number of thiophene rings is 1. The third-order valence-electron chi connectivity index (χ3n) is 5.46. The van der Waals surface area contributed by atoms with Crippen molar-refractivity contribution < 1.29 is 14.3 Å². The largest absolute Gasteiger partial charge is 0.457 e. The standard InChI is InChI=1S/C24H25N5O4S2/c1-5-16(19(30)26-24-28-27-20(35-24)13(2)3)29-12-25-21-17(22(29)31)14(4)18(34-21)23(32)33-11-15-9-7-6-8-10-15/h6-10,12-13,16H,5,11H2,1-4H3,(H,26,28,30). The molecule has 0 saturated heterocycles. The molecule has 3 heterocycles. The number of carbonyl (C=O) groups is 2. The minimum absolute atomic E-state index is 0.132. The Morgan fingerprint density at radius 3 is 2.54 bits per heavy atom. The van der Waals surface area contributed by atoms with Gasteiger partial charge in [-0.15, -0.1) is 21.5 Å². The number of aromatic nitrogens is 4. The highest BCUT2D eigenvalue weighted by Gasteiger charge is 2.26. The molecular formula is C24H25N5O4S2. The highest BCUT2D eigenvalue weighted by atomic mass is 32.1. The van der Waals surface area contributed by atoms with Crippen LogP contribution < -0.4 is 10.9 Å². The predicted molar refractivity (Wildman–Crippen MR) is 136 cm³/mol. The molecule has 0 aliphatic heterocycles. The van der Waals surface area contributed by atoms with Gasteiger partial charge < -0.3 is 4.74 Å². The lowest BCUT2D eigenvalue weighted by Crippen LogP contribution is -2.33. The van der Waals surface area contributed by atoms with E-state index in [1.54, 1.807) is 6.92 Å². The summed E-state index contributed by atoms with van der Waals surface area (Å²) < 4.78 is 6.75. The number of carbonyl (C=O) groups excluding carboxylic acids is 2. The summed E-state index contributed by atoms with van der Waals surface area (Å²) in [4.78, 5) is 44.2. The van der Waals surface area contributed by atoms with Crippen LogP contribution in [0.3, 0.4) is 0 Å². The van der Waals surface area contributed by atoms with Crippen molar-refractivity contribution in [2.45, 2.75) is 52.7 Å². The minimum atomic E-state index is -0.793. The first-order valence-corrected chi connectivity index (χ1v) is 12.8. The number of amides is 1. The molecule has 4 rings (SSSR count). The number of aryl methyl sites for hydroxylation is 1. The van der Waals surface area contributed by atoms with Crippen molar-refractivity contribution in [3.63, 3.8) is 0 Å². The molecule has 9 nitrogen and oxygen atoms in total. The van der Waals surface area contributed by atoms with Crippen molar-refractivity contribution in [3.8, 4) is 0 Å². The molecule has 0 bridgehead atoms. The van der Waals surface area contributed by atoms with Crippen LogP contribution in [-0.2, 0) is 16.1 Å². The fourth-order valence-corrected chi connectivity index (χ4v) is 5.34. The maximum Gasteiger partial charge on any atom is 0.349 e. The Morgan fingerprint density at radius 1 is 1.14 bits per heavy atom. The molecule has 1 atom stereocenters. The van der Waals surface area contributed by atoms with Gasteiger partial charge in [0, 0.05) is 5.92 Å². The molecular weight excluding hydrogens is 486 g/mol. The molecule has 1 aromatic carbocycles. The van der Waals surface area contributed by atoms with E-state index in [1.165, 1.54) is 22.2 Å². The van der Waals surface area contributed by atoms with Gasteiger partial charge in [0.25, 0.3) is 5.56 Å². The highest BCUT2D eigenvalue weighted by Crippen LogP contribution is 2.29. The zero-order valence-electron chi connectivity index (χ0n) is 19.8. The van der Waals surface area contributed by atoms with Gasteiger partial charge in [0.05, 0.1) is 11.7 Å². The van der Waals surface area contributed by atoms with E-state index < -0.39 is 12.0 Å². The topological polar surface area (TPSA) is 116 Å². The molecule has 1 N–H and O–H groups in total. The summed E-state index contributed by atoms with van der Waals surface area (Å²) in [5, 5.41) is 12.4. The van der Waals surface area contributed by atoms with Gasteiger partial charge in [0.15, 0.2) is 0 Å². The summed E-state index contributed by atoms with van der Waals surface area (Å²) in [7, 11) is 0. The van der Waals surface area contributed by atoms with Crippen molar-refractivity contribution in [3.05, 3.63) is 68.0 Å². The molecule has 4 aromatic rings. The Labute approximate surface area is 209 Å². The Morgan fingerprint density at radius 2 is 1.89 bits per heavy atom. The van der Waals surface area contributed by atoms with Gasteiger partial charge in [-0.05, 0) is 24.5 Å². The van der Waals surface area contributed by atoms with E-state index >= 15 is 0 Å². The van der Waals surface area contributed by atoms with Gasteiger partial charge in [-0.1, -0.05) is 62.4 Å². The van der Waals surface area contributed by atoms with Crippen LogP contribution in [0.15, 0.2) is 41.5 Å². The number of hydrogen-bond donors (Lipinski definition) is 1. The highest BCUT2D eigenvalue weighted by molar-refractivity contribution is 7.20. The summed E-state index contributed by atoms with van der Waals surface area (Å²) in [5.74, 6) is -0.690. The first-order valence-electron chi connectivity index (χ1n) is 11.2. The van der Waals surface area contributed by atoms with Gasteiger partial charge >= 0.3 is 5.97 Å².